The van der Waals surface area contributed by atoms with E-state index in [-0.39, 0.29) is 122 Å². The Morgan fingerprint density at radius 3 is 1.00 bits per heavy atom. The Kier molecular flexibility index (Phi) is 97.7. The molecule has 0 fully saturated rings. The minimum atomic E-state index is 0. The molecule has 0 aliphatic carbocycles. The molecule has 0 heterocycles. The van der Waals surface area contributed by atoms with Gasteiger partial charge in [0.05, 0.1) is 0 Å². The van der Waals surface area contributed by atoms with E-state index in [1.54, 1.807) is 0 Å². The summed E-state index contributed by atoms with van der Waals surface area (Å²) in [6, 6.07) is 0. The molecule has 0 saturated carbocycles. The summed E-state index contributed by atoms with van der Waals surface area (Å²) >= 11 is 0. The zero-order valence-electron chi connectivity index (χ0n) is 0.577. The summed E-state index contributed by atoms with van der Waals surface area (Å²) in [5.74, 6) is 0. The SMILES string of the molecule is [La].[NaH].[SiH4].[SrH2]. The monoisotopic (exact) mass is 285 g/mol. The van der Waals surface area contributed by atoms with E-state index in [1.165, 1.54) is 0 Å². The normalized spacial score (nSPS) is 0. The van der Waals surface area contributed by atoms with Gasteiger partial charge in [-0.3, -0.25) is 0 Å². The number of rotatable bonds is 0. The standard InChI is InChI=1S/La.Na.H4Si.Sr.3H/h;;1H4;;;;. The minimum absolute atomic E-state index is 0. The summed E-state index contributed by atoms with van der Waals surface area (Å²) in [5.41, 5.74) is 0. The molecular weight excluding hydrogens is 278 g/mol. The van der Waals surface area contributed by atoms with Crippen molar-refractivity contribution in [2.45, 2.75) is 0 Å². The number of hydrogen-bond acceptors (Lipinski definition) is 0. The Morgan fingerprint density at radius 2 is 1.00 bits per heavy atom. The summed E-state index contributed by atoms with van der Waals surface area (Å²) < 4.78 is 0. The Bertz CT molecular complexity index is 8.00. The third-order valence-corrected chi connectivity index (χ3v) is 0. The fraction of sp³-hybridized carbons (Fsp3) is 0. The molecule has 0 nitrogen and oxygen atoms in total. The third-order valence-electron chi connectivity index (χ3n) is 0. The average molecular weight is 285 g/mol. The zero-order valence-corrected chi connectivity index (χ0v) is 4.20. The molecule has 4 heavy (non-hydrogen) atoms. The molecule has 0 spiro atoms. The second-order valence-corrected chi connectivity index (χ2v) is 0. The van der Waals surface area contributed by atoms with Gasteiger partial charge in [-0.1, -0.05) is 0 Å². The van der Waals surface area contributed by atoms with Crippen molar-refractivity contribution in [2.75, 3.05) is 0 Å². The van der Waals surface area contributed by atoms with Crippen LogP contribution in [-0.2, 0) is 0 Å². The van der Waals surface area contributed by atoms with Crippen molar-refractivity contribution in [1.29, 1.82) is 0 Å². The van der Waals surface area contributed by atoms with Crippen LogP contribution in [0.15, 0.2) is 0 Å². The Balaban J connectivity index is 0. The molecule has 0 aliphatic heterocycles. The molecular formula is H7LaNaSiSr. The van der Waals surface area contributed by atoms with Gasteiger partial charge in [0.2, 0.25) is 0 Å². The van der Waals surface area contributed by atoms with E-state index in [9.17, 15) is 0 Å². The Labute approximate surface area is 118 Å². The van der Waals surface area contributed by atoms with Crippen LogP contribution in [0.3, 0.4) is 0 Å². The molecule has 0 atom stereocenters. The molecule has 0 aliphatic rings. The first-order valence-corrected chi connectivity index (χ1v) is 0. The Morgan fingerprint density at radius 1 is 1.00 bits per heavy atom. The van der Waals surface area contributed by atoms with E-state index in [1.807, 2.05) is 0 Å². The summed E-state index contributed by atoms with van der Waals surface area (Å²) in [6.07, 6.45) is 0. The quantitative estimate of drug-likeness (QED) is 0.416. The van der Waals surface area contributed by atoms with Gasteiger partial charge in [-0.05, 0) is 11.0 Å². The van der Waals surface area contributed by atoms with Crippen LogP contribution in [0.1, 0.15) is 0 Å². The van der Waals surface area contributed by atoms with E-state index in [0.717, 1.165) is 0 Å². The molecule has 17 valence electrons. The average Bonchev–Trinajstić information content (AvgIpc) is 0. The fourth-order valence-electron chi connectivity index (χ4n) is 0. The van der Waals surface area contributed by atoms with Gasteiger partial charge < -0.3 is 0 Å². The van der Waals surface area contributed by atoms with Crippen molar-refractivity contribution in [2.24, 2.45) is 0 Å². The predicted octanol–water partition coefficient (Wildman–Crippen LogP) is -3.02. The van der Waals surface area contributed by atoms with Crippen LogP contribution < -0.4 is 0 Å². The van der Waals surface area contributed by atoms with Crippen molar-refractivity contribution >= 4 is 86.0 Å². The van der Waals surface area contributed by atoms with Crippen LogP contribution in [0, 0.1) is 35.6 Å². The first-order chi connectivity index (χ1) is 0. The first kappa shape index (κ1) is 24.7. The Hall–Kier alpha value is 3.89. The molecule has 0 aromatic heterocycles. The molecule has 0 unspecified atom stereocenters. The molecule has 0 bridgehead atoms. The van der Waals surface area contributed by atoms with Gasteiger partial charge in [0.15, 0.2) is 0 Å². The van der Waals surface area contributed by atoms with E-state index in [4.69, 9.17) is 0 Å². The molecule has 1 radical (unpaired) electrons. The van der Waals surface area contributed by atoms with Crippen LogP contribution in [0.25, 0.3) is 0 Å². The summed E-state index contributed by atoms with van der Waals surface area (Å²) in [7, 11) is 0. The number of hydrogen-bond donors (Lipinski definition) is 0. The van der Waals surface area contributed by atoms with Gasteiger partial charge in [-0.2, -0.15) is 0 Å². The zero-order chi connectivity index (χ0) is 0. The van der Waals surface area contributed by atoms with Crippen LogP contribution in [0.5, 0.6) is 0 Å². The van der Waals surface area contributed by atoms with Gasteiger partial charge in [0, 0.05) is 35.6 Å². The van der Waals surface area contributed by atoms with Crippen molar-refractivity contribution in [1.82, 2.24) is 0 Å². The van der Waals surface area contributed by atoms with Crippen molar-refractivity contribution < 1.29 is 35.6 Å². The van der Waals surface area contributed by atoms with Crippen LogP contribution in [-0.4, -0.2) is 86.0 Å². The maximum absolute atomic E-state index is 0. The summed E-state index contributed by atoms with van der Waals surface area (Å²) in [5, 5.41) is 0. The van der Waals surface area contributed by atoms with E-state index in [2.05, 4.69) is 0 Å². The molecule has 0 N–H and O–H groups in total. The maximum atomic E-state index is 0. The van der Waals surface area contributed by atoms with Crippen LogP contribution >= 0.6 is 0 Å². The third kappa shape index (κ3) is 9.31. The van der Waals surface area contributed by atoms with Gasteiger partial charge in [0.25, 0.3) is 0 Å². The van der Waals surface area contributed by atoms with Gasteiger partial charge in [-0.15, -0.1) is 0 Å². The first-order valence-electron chi connectivity index (χ1n) is 0. The van der Waals surface area contributed by atoms with Gasteiger partial charge >= 0.3 is 75.0 Å². The summed E-state index contributed by atoms with van der Waals surface area (Å²) in [6.45, 7) is 0. The molecule has 0 saturated heterocycles. The topological polar surface area (TPSA) is 0 Å². The van der Waals surface area contributed by atoms with Crippen molar-refractivity contribution in [3.8, 4) is 0 Å². The second kappa shape index (κ2) is 15.8. The predicted molar refractivity (Wildman–Crippen MR) is 27.0 cm³/mol. The second-order valence-electron chi connectivity index (χ2n) is 0. The molecule has 0 aromatic rings. The fourth-order valence-corrected chi connectivity index (χ4v) is 0. The van der Waals surface area contributed by atoms with Crippen LogP contribution in [0.4, 0.5) is 0 Å². The van der Waals surface area contributed by atoms with Crippen LogP contribution in [0.2, 0.25) is 0 Å². The van der Waals surface area contributed by atoms with Gasteiger partial charge in [-0.25, -0.2) is 0 Å². The molecule has 4 heteroatoms. The molecule has 0 rings (SSSR count). The van der Waals surface area contributed by atoms with Gasteiger partial charge in [0.1, 0.15) is 0 Å². The van der Waals surface area contributed by atoms with E-state index in [0.29, 0.717) is 0 Å². The van der Waals surface area contributed by atoms with E-state index >= 15 is 0 Å². The van der Waals surface area contributed by atoms with Crippen molar-refractivity contribution in [3.63, 3.8) is 0 Å². The molecule has 0 aromatic carbocycles. The van der Waals surface area contributed by atoms with E-state index < -0.39 is 0 Å². The van der Waals surface area contributed by atoms with Crippen molar-refractivity contribution in [3.05, 3.63) is 0 Å². The summed E-state index contributed by atoms with van der Waals surface area (Å²) in [4.78, 5) is 0. The molecule has 0 amide bonds.